The minimum atomic E-state index is -5.26. The molecule has 2 amide bonds. The van der Waals surface area contributed by atoms with Crippen LogP contribution in [0.15, 0.2) is 11.3 Å². The van der Waals surface area contributed by atoms with Gasteiger partial charge in [-0.05, 0) is 20.8 Å². The Balaban J connectivity index is 2.35. The summed E-state index contributed by atoms with van der Waals surface area (Å²) in [4.78, 5) is 35.8. The van der Waals surface area contributed by atoms with Gasteiger partial charge in [0, 0.05) is 5.75 Å². The third-order valence-corrected chi connectivity index (χ3v) is 4.73. The van der Waals surface area contributed by atoms with Gasteiger partial charge in [-0.1, -0.05) is 0 Å². The number of hydrogen-bond acceptors (Lipinski definition) is 5. The first-order valence-corrected chi connectivity index (χ1v) is 8.45. The number of fused-ring (bicyclic) bond motifs is 1. The molecule has 1 saturated heterocycles. The zero-order valence-electron chi connectivity index (χ0n) is 14.1. The second-order valence-corrected chi connectivity index (χ2v) is 7.79. The number of alkyl halides is 6. The van der Waals surface area contributed by atoms with Crippen molar-refractivity contribution >= 4 is 29.5 Å². The number of carbonyl (C=O) groups excluding carboxylic acids is 3. The molecule has 152 valence electrons. The molecule has 0 spiro atoms. The largest absolute Gasteiger partial charge is 0.471 e. The summed E-state index contributed by atoms with van der Waals surface area (Å²) in [6.45, 7) is 4.20. The molecular weight excluding hydrogens is 406 g/mol. The van der Waals surface area contributed by atoms with Gasteiger partial charge in [-0.25, -0.2) is 4.79 Å². The Labute approximate surface area is 153 Å². The van der Waals surface area contributed by atoms with Crippen molar-refractivity contribution in [3.8, 4) is 0 Å². The van der Waals surface area contributed by atoms with Crippen molar-refractivity contribution in [3.63, 3.8) is 0 Å². The molecule has 2 unspecified atom stereocenters. The highest BCUT2D eigenvalue weighted by molar-refractivity contribution is 8.00. The molecule has 0 saturated carbocycles. The molecule has 0 aromatic heterocycles. The van der Waals surface area contributed by atoms with Gasteiger partial charge in [-0.3, -0.25) is 14.5 Å². The molecule has 13 heteroatoms. The number of rotatable bonds is 2. The first kappa shape index (κ1) is 21.4. The maximum atomic E-state index is 13.3. The van der Waals surface area contributed by atoms with Crippen molar-refractivity contribution < 1.29 is 45.5 Å². The molecule has 1 fully saturated rings. The number of esters is 1. The average molecular weight is 420 g/mol. The smallest absolute Gasteiger partial charge is 0.455 e. The van der Waals surface area contributed by atoms with Gasteiger partial charge in [-0.2, -0.15) is 26.3 Å². The molecule has 2 heterocycles. The Morgan fingerprint density at radius 1 is 1.15 bits per heavy atom. The maximum Gasteiger partial charge on any atom is 0.471 e. The fourth-order valence-electron chi connectivity index (χ4n) is 2.37. The number of hydrogen-bond donors (Lipinski definition) is 1. The van der Waals surface area contributed by atoms with Crippen molar-refractivity contribution in [1.82, 2.24) is 10.2 Å². The van der Waals surface area contributed by atoms with Gasteiger partial charge in [0.05, 0.1) is 5.57 Å². The fraction of sp³-hybridized carbons (Fsp3) is 0.643. The molecule has 0 radical (unpaired) electrons. The monoisotopic (exact) mass is 420 g/mol. The van der Waals surface area contributed by atoms with E-state index in [1.807, 2.05) is 0 Å². The number of halogens is 6. The summed E-state index contributed by atoms with van der Waals surface area (Å²) in [5, 5.41) is 0.154. The number of nitrogens with one attached hydrogen (secondary N) is 1. The first-order chi connectivity index (χ1) is 12.0. The molecule has 0 aromatic carbocycles. The lowest BCUT2D eigenvalue weighted by Gasteiger charge is -2.50. The SMILES string of the molecule is CC(C)(C)OC(=O)C1=C(C(F)(F)F)CSC2C(NC(=O)C(F)(F)F)C(=O)N12. The average Bonchev–Trinajstić information content (AvgIpc) is 2.46. The predicted molar refractivity (Wildman–Crippen MR) is 80.0 cm³/mol. The highest BCUT2D eigenvalue weighted by Gasteiger charge is 2.59. The lowest BCUT2D eigenvalue weighted by atomic mass is 10.0. The van der Waals surface area contributed by atoms with Gasteiger partial charge in [0.15, 0.2) is 0 Å². The van der Waals surface area contributed by atoms with E-state index in [1.165, 1.54) is 26.1 Å². The second-order valence-electron chi connectivity index (χ2n) is 6.69. The van der Waals surface area contributed by atoms with Crippen LogP contribution in [0.25, 0.3) is 0 Å². The van der Waals surface area contributed by atoms with E-state index in [9.17, 15) is 40.7 Å². The van der Waals surface area contributed by atoms with Crippen molar-refractivity contribution in [2.75, 3.05) is 5.75 Å². The van der Waals surface area contributed by atoms with Crippen LogP contribution in [0.2, 0.25) is 0 Å². The summed E-state index contributed by atoms with van der Waals surface area (Å²) in [5.74, 6) is -5.86. The van der Waals surface area contributed by atoms with Crippen molar-refractivity contribution in [3.05, 3.63) is 11.3 Å². The van der Waals surface area contributed by atoms with Crippen LogP contribution in [0.1, 0.15) is 20.8 Å². The maximum absolute atomic E-state index is 13.3. The van der Waals surface area contributed by atoms with Gasteiger partial charge in [0.25, 0.3) is 5.91 Å². The molecular formula is C14H14F6N2O4S. The fourth-order valence-corrected chi connectivity index (χ4v) is 3.75. The van der Waals surface area contributed by atoms with E-state index in [4.69, 9.17) is 4.74 Å². The Kier molecular flexibility index (Phi) is 5.23. The summed E-state index contributed by atoms with van der Waals surface area (Å²) >= 11 is 0.489. The Morgan fingerprint density at radius 3 is 2.15 bits per heavy atom. The van der Waals surface area contributed by atoms with Gasteiger partial charge in [0.1, 0.15) is 22.7 Å². The van der Waals surface area contributed by atoms with Gasteiger partial charge >= 0.3 is 24.2 Å². The molecule has 27 heavy (non-hydrogen) atoms. The molecule has 0 aliphatic carbocycles. The zero-order valence-corrected chi connectivity index (χ0v) is 14.9. The summed E-state index contributed by atoms with van der Waals surface area (Å²) < 4.78 is 81.8. The summed E-state index contributed by atoms with van der Waals surface area (Å²) in [5.41, 5.74) is -3.56. The minimum absolute atomic E-state index is 0.423. The van der Waals surface area contributed by atoms with Gasteiger partial charge < -0.3 is 10.1 Å². The highest BCUT2D eigenvalue weighted by Crippen LogP contribution is 2.45. The van der Waals surface area contributed by atoms with Crippen LogP contribution in [0.4, 0.5) is 26.3 Å². The lowest BCUT2D eigenvalue weighted by molar-refractivity contribution is -0.177. The van der Waals surface area contributed by atoms with Crippen LogP contribution in [0.5, 0.6) is 0 Å². The van der Waals surface area contributed by atoms with Crippen LogP contribution < -0.4 is 5.32 Å². The quantitative estimate of drug-likeness (QED) is 0.421. The van der Waals surface area contributed by atoms with E-state index in [0.717, 1.165) is 0 Å². The van der Waals surface area contributed by atoms with E-state index in [2.05, 4.69) is 0 Å². The van der Waals surface area contributed by atoms with Gasteiger partial charge in [-0.15, -0.1) is 11.8 Å². The number of thioether (sulfide) groups is 1. The van der Waals surface area contributed by atoms with E-state index in [0.29, 0.717) is 16.7 Å². The molecule has 2 atom stereocenters. The van der Waals surface area contributed by atoms with Crippen molar-refractivity contribution in [2.45, 2.75) is 50.1 Å². The van der Waals surface area contributed by atoms with Crippen LogP contribution in [0, 0.1) is 0 Å². The first-order valence-electron chi connectivity index (χ1n) is 7.40. The summed E-state index contributed by atoms with van der Waals surface area (Å²) in [7, 11) is 0. The van der Waals surface area contributed by atoms with Crippen molar-refractivity contribution in [2.24, 2.45) is 0 Å². The van der Waals surface area contributed by atoms with Gasteiger partial charge in [0.2, 0.25) is 0 Å². The number of β-lactam (4-membered cyclic amide) rings is 1. The van der Waals surface area contributed by atoms with E-state index >= 15 is 0 Å². The Bertz CT molecular complexity index is 710. The molecule has 0 bridgehead atoms. The van der Waals surface area contributed by atoms with E-state index in [-0.39, 0.29) is 0 Å². The Morgan fingerprint density at radius 2 is 1.70 bits per heavy atom. The number of nitrogens with zero attached hydrogens (tertiary/aromatic N) is 1. The lowest BCUT2D eigenvalue weighted by Crippen LogP contribution is -2.71. The second kappa shape index (κ2) is 6.60. The van der Waals surface area contributed by atoms with Crippen LogP contribution in [-0.4, -0.2) is 57.8 Å². The number of ether oxygens (including phenoxy) is 1. The van der Waals surface area contributed by atoms with Crippen LogP contribution in [0.3, 0.4) is 0 Å². The number of amides is 2. The summed E-state index contributed by atoms with van der Waals surface area (Å²) in [6, 6.07) is -1.70. The number of carbonyl (C=O) groups is 3. The van der Waals surface area contributed by atoms with Crippen LogP contribution >= 0.6 is 11.8 Å². The van der Waals surface area contributed by atoms with Crippen molar-refractivity contribution in [1.29, 1.82) is 0 Å². The molecule has 2 aliphatic heterocycles. The normalized spacial score (nSPS) is 23.6. The summed E-state index contributed by atoms with van der Waals surface area (Å²) in [6.07, 6.45) is -10.2. The third-order valence-electron chi connectivity index (χ3n) is 3.45. The van der Waals surface area contributed by atoms with E-state index < -0.39 is 64.2 Å². The third kappa shape index (κ3) is 4.33. The molecule has 2 rings (SSSR count). The highest BCUT2D eigenvalue weighted by atomic mass is 32.2. The molecule has 6 nitrogen and oxygen atoms in total. The topological polar surface area (TPSA) is 75.7 Å². The predicted octanol–water partition coefficient (Wildman–Crippen LogP) is 2.11. The molecule has 2 aliphatic rings. The minimum Gasteiger partial charge on any atom is -0.455 e. The van der Waals surface area contributed by atoms with E-state index in [1.54, 1.807) is 0 Å². The zero-order chi connectivity index (χ0) is 20.9. The molecule has 0 aromatic rings. The van der Waals surface area contributed by atoms with Crippen LogP contribution in [-0.2, 0) is 19.1 Å². The molecule has 1 N–H and O–H groups in total. The Hall–Kier alpha value is -1.92. The standard InChI is InChI=1S/C14H14F6N2O4S/c1-12(2,3)26-10(24)7-5(13(15,16)17)4-27-9-6(8(23)22(7)9)21-11(25)14(18,19)20/h6,9H,4H2,1-3H3,(H,21,25).